The van der Waals surface area contributed by atoms with E-state index in [1.807, 2.05) is 7.05 Å². The summed E-state index contributed by atoms with van der Waals surface area (Å²) in [5, 5.41) is 12.4. The van der Waals surface area contributed by atoms with Crippen molar-refractivity contribution in [3.63, 3.8) is 0 Å². The number of aliphatic hydroxyl groups is 1. The summed E-state index contributed by atoms with van der Waals surface area (Å²) in [6, 6.07) is 0.368. The number of carbonyl (C=O) groups is 1. The molecular weight excluding hydrogens is 252 g/mol. The lowest BCUT2D eigenvalue weighted by atomic mass is 9.79. The van der Waals surface area contributed by atoms with E-state index in [0.29, 0.717) is 18.4 Å². The third kappa shape index (κ3) is 3.73. The molecule has 0 aromatic heterocycles. The van der Waals surface area contributed by atoms with Crippen molar-refractivity contribution >= 4 is 5.91 Å². The molecule has 2 fully saturated rings. The fourth-order valence-corrected chi connectivity index (χ4v) is 3.93. The Labute approximate surface area is 122 Å². The molecule has 1 heterocycles. The van der Waals surface area contributed by atoms with Crippen LogP contribution in [0.2, 0.25) is 0 Å². The van der Waals surface area contributed by atoms with E-state index in [0.717, 1.165) is 45.1 Å². The maximum atomic E-state index is 12.7. The van der Waals surface area contributed by atoms with Gasteiger partial charge in [0.2, 0.25) is 5.91 Å². The van der Waals surface area contributed by atoms with Crippen molar-refractivity contribution in [1.82, 2.24) is 10.2 Å². The average molecular weight is 282 g/mol. The Morgan fingerprint density at radius 1 is 1.30 bits per heavy atom. The lowest BCUT2D eigenvalue weighted by Gasteiger charge is -2.38. The second-order valence-corrected chi connectivity index (χ2v) is 6.52. The zero-order valence-corrected chi connectivity index (χ0v) is 12.9. The minimum Gasteiger partial charge on any atom is -0.396 e. The molecule has 4 heteroatoms. The van der Waals surface area contributed by atoms with Gasteiger partial charge in [0.15, 0.2) is 0 Å². The van der Waals surface area contributed by atoms with E-state index in [1.54, 1.807) is 0 Å². The van der Waals surface area contributed by atoms with Crippen molar-refractivity contribution in [2.24, 2.45) is 0 Å². The lowest BCUT2D eigenvalue weighted by Crippen LogP contribution is -2.49. The van der Waals surface area contributed by atoms with Crippen LogP contribution in [0, 0.1) is 0 Å². The molecule has 1 unspecified atom stereocenters. The van der Waals surface area contributed by atoms with Crippen molar-refractivity contribution in [2.75, 3.05) is 20.2 Å². The lowest BCUT2D eigenvalue weighted by molar-refractivity contribution is -0.134. The molecule has 0 aromatic rings. The summed E-state index contributed by atoms with van der Waals surface area (Å²) in [4.78, 5) is 14.8. The summed E-state index contributed by atoms with van der Waals surface area (Å²) < 4.78 is 0. The van der Waals surface area contributed by atoms with E-state index in [-0.39, 0.29) is 12.1 Å². The van der Waals surface area contributed by atoms with Crippen LogP contribution < -0.4 is 5.32 Å². The highest BCUT2D eigenvalue weighted by atomic mass is 16.3. The molecule has 2 N–H and O–H groups in total. The minimum absolute atomic E-state index is 0.0411. The van der Waals surface area contributed by atoms with Gasteiger partial charge in [-0.05, 0) is 45.6 Å². The van der Waals surface area contributed by atoms with Gasteiger partial charge in [-0.15, -0.1) is 0 Å². The Balaban J connectivity index is 1.92. The van der Waals surface area contributed by atoms with Gasteiger partial charge in [0.25, 0.3) is 0 Å². The summed E-state index contributed by atoms with van der Waals surface area (Å²) in [5.74, 6) is 0.321. The largest absolute Gasteiger partial charge is 0.396 e. The van der Waals surface area contributed by atoms with Crippen molar-refractivity contribution < 1.29 is 9.90 Å². The summed E-state index contributed by atoms with van der Waals surface area (Å²) in [7, 11) is 2.01. The zero-order valence-electron chi connectivity index (χ0n) is 12.9. The minimum atomic E-state index is 0.0411. The number of likely N-dealkylation sites (tertiary alicyclic amines) is 1. The third-order valence-corrected chi connectivity index (χ3v) is 5.22. The third-order valence-electron chi connectivity index (χ3n) is 5.22. The van der Waals surface area contributed by atoms with Gasteiger partial charge in [-0.25, -0.2) is 0 Å². The van der Waals surface area contributed by atoms with Crippen LogP contribution in [-0.4, -0.2) is 47.7 Å². The Kier molecular flexibility index (Phi) is 5.85. The Bertz CT molecular complexity index is 314. The first-order valence-electron chi connectivity index (χ1n) is 8.30. The number of rotatable bonds is 6. The number of hydrogen-bond acceptors (Lipinski definition) is 3. The van der Waals surface area contributed by atoms with Crippen molar-refractivity contribution in [3.8, 4) is 0 Å². The number of aliphatic hydroxyl groups excluding tert-OH is 1. The predicted molar refractivity (Wildman–Crippen MR) is 80.5 cm³/mol. The molecule has 2 rings (SSSR count). The van der Waals surface area contributed by atoms with Gasteiger partial charge in [-0.3, -0.25) is 4.79 Å². The monoisotopic (exact) mass is 282 g/mol. The second kappa shape index (κ2) is 7.41. The van der Waals surface area contributed by atoms with Gasteiger partial charge in [0.1, 0.15) is 0 Å². The van der Waals surface area contributed by atoms with E-state index < -0.39 is 0 Å². The van der Waals surface area contributed by atoms with Crippen molar-refractivity contribution in [3.05, 3.63) is 0 Å². The van der Waals surface area contributed by atoms with Crippen LogP contribution in [0.25, 0.3) is 0 Å². The molecule has 0 bridgehead atoms. The maximum Gasteiger partial charge on any atom is 0.224 e. The van der Waals surface area contributed by atoms with Crippen LogP contribution in [0.15, 0.2) is 0 Å². The SMILES string of the molecule is CNC1(CC(=O)N2CCCC2CCCO)CCCCC1. The summed E-state index contributed by atoms with van der Waals surface area (Å²) in [6.07, 6.45) is 10.7. The first-order chi connectivity index (χ1) is 9.71. The van der Waals surface area contributed by atoms with Crippen LogP contribution >= 0.6 is 0 Å². The average Bonchev–Trinajstić information content (AvgIpc) is 2.94. The Morgan fingerprint density at radius 2 is 2.05 bits per heavy atom. The van der Waals surface area contributed by atoms with E-state index >= 15 is 0 Å². The molecule has 0 spiro atoms. The quantitative estimate of drug-likeness (QED) is 0.784. The van der Waals surface area contributed by atoms with Gasteiger partial charge in [-0.2, -0.15) is 0 Å². The molecule has 4 nitrogen and oxygen atoms in total. The molecule has 1 saturated heterocycles. The van der Waals surface area contributed by atoms with Gasteiger partial charge < -0.3 is 15.3 Å². The zero-order chi connectivity index (χ0) is 14.4. The molecule has 1 saturated carbocycles. The molecule has 1 aliphatic carbocycles. The topological polar surface area (TPSA) is 52.6 Å². The second-order valence-electron chi connectivity index (χ2n) is 6.52. The van der Waals surface area contributed by atoms with Crippen LogP contribution in [0.5, 0.6) is 0 Å². The standard InChI is InChI=1S/C16H30N2O2/c1-17-16(9-3-2-4-10-16)13-15(20)18-11-5-7-14(18)8-6-12-19/h14,17,19H,2-13H2,1H3. The van der Waals surface area contributed by atoms with Gasteiger partial charge in [0, 0.05) is 31.2 Å². The van der Waals surface area contributed by atoms with Gasteiger partial charge >= 0.3 is 0 Å². The Hall–Kier alpha value is -0.610. The number of nitrogens with one attached hydrogen (secondary N) is 1. The van der Waals surface area contributed by atoms with Crippen LogP contribution in [-0.2, 0) is 4.79 Å². The van der Waals surface area contributed by atoms with Crippen molar-refractivity contribution in [1.29, 1.82) is 0 Å². The van der Waals surface area contributed by atoms with E-state index in [1.165, 1.54) is 19.3 Å². The normalized spacial score (nSPS) is 25.9. The summed E-state index contributed by atoms with van der Waals surface area (Å²) >= 11 is 0. The summed E-state index contributed by atoms with van der Waals surface area (Å²) in [5.41, 5.74) is 0.0411. The number of nitrogens with zero attached hydrogens (tertiary/aromatic N) is 1. The first kappa shape index (κ1) is 15.8. The molecule has 1 aliphatic heterocycles. The summed E-state index contributed by atoms with van der Waals surface area (Å²) in [6.45, 7) is 1.15. The smallest absolute Gasteiger partial charge is 0.224 e. The van der Waals surface area contributed by atoms with Crippen molar-refractivity contribution in [2.45, 2.75) is 75.8 Å². The van der Waals surface area contributed by atoms with E-state index in [4.69, 9.17) is 5.11 Å². The predicted octanol–water partition coefficient (Wildman–Crippen LogP) is 2.06. The fraction of sp³-hybridized carbons (Fsp3) is 0.938. The van der Waals surface area contributed by atoms with Gasteiger partial charge in [-0.1, -0.05) is 19.3 Å². The van der Waals surface area contributed by atoms with Crippen LogP contribution in [0.3, 0.4) is 0 Å². The number of hydrogen-bond donors (Lipinski definition) is 2. The number of amides is 1. The maximum absolute atomic E-state index is 12.7. The molecule has 1 atom stereocenters. The van der Waals surface area contributed by atoms with E-state index in [9.17, 15) is 4.79 Å². The highest BCUT2D eigenvalue weighted by molar-refractivity contribution is 5.78. The number of carbonyl (C=O) groups excluding carboxylic acids is 1. The Morgan fingerprint density at radius 3 is 2.70 bits per heavy atom. The first-order valence-corrected chi connectivity index (χ1v) is 8.30. The highest BCUT2D eigenvalue weighted by Gasteiger charge is 2.36. The van der Waals surface area contributed by atoms with Crippen LogP contribution in [0.1, 0.15) is 64.2 Å². The van der Waals surface area contributed by atoms with Gasteiger partial charge in [0.05, 0.1) is 0 Å². The highest BCUT2D eigenvalue weighted by Crippen LogP contribution is 2.32. The fourth-order valence-electron chi connectivity index (χ4n) is 3.93. The molecule has 0 radical (unpaired) electrons. The molecule has 2 aliphatic rings. The molecule has 116 valence electrons. The van der Waals surface area contributed by atoms with Crippen LogP contribution in [0.4, 0.5) is 0 Å². The molecule has 0 aromatic carbocycles. The molecular formula is C16H30N2O2. The molecule has 1 amide bonds. The van der Waals surface area contributed by atoms with E-state index in [2.05, 4.69) is 10.2 Å². The molecule has 20 heavy (non-hydrogen) atoms.